The van der Waals surface area contributed by atoms with E-state index in [1.807, 2.05) is 0 Å². The summed E-state index contributed by atoms with van der Waals surface area (Å²) in [6.45, 7) is 8.04. The van der Waals surface area contributed by atoms with Crippen LogP contribution in [-0.4, -0.2) is 41.9 Å². The maximum absolute atomic E-state index is 9.48. The third-order valence-electron chi connectivity index (χ3n) is 4.51. The SMILES string of the molecule is C=CC[N+]12CCCCC1[C@H](CO)CCC2. The van der Waals surface area contributed by atoms with E-state index in [2.05, 4.69) is 12.7 Å². The van der Waals surface area contributed by atoms with Crippen molar-refractivity contribution in [2.45, 2.75) is 38.1 Å². The van der Waals surface area contributed by atoms with E-state index in [-0.39, 0.29) is 0 Å². The van der Waals surface area contributed by atoms with Gasteiger partial charge in [-0.15, -0.1) is 0 Å². The molecule has 0 aromatic rings. The lowest BCUT2D eigenvalue weighted by atomic mass is 9.81. The number of hydrogen-bond donors (Lipinski definition) is 1. The summed E-state index contributed by atoms with van der Waals surface area (Å²) in [6.07, 6.45) is 8.64. The Kier molecular flexibility index (Phi) is 3.47. The average molecular weight is 210 g/mol. The van der Waals surface area contributed by atoms with Crippen LogP contribution in [0.4, 0.5) is 0 Å². The molecule has 0 amide bonds. The molecule has 2 heterocycles. The van der Waals surface area contributed by atoms with Crippen LogP contribution in [0.3, 0.4) is 0 Å². The fraction of sp³-hybridized carbons (Fsp3) is 0.846. The summed E-state index contributed by atoms with van der Waals surface area (Å²) in [5.74, 6) is 0.555. The van der Waals surface area contributed by atoms with Crippen molar-refractivity contribution in [3.63, 3.8) is 0 Å². The minimum absolute atomic E-state index is 0.391. The molecule has 0 aromatic heterocycles. The molecule has 2 fully saturated rings. The molecule has 0 aliphatic carbocycles. The van der Waals surface area contributed by atoms with E-state index < -0.39 is 0 Å². The van der Waals surface area contributed by atoms with Gasteiger partial charge in [-0.1, -0.05) is 6.58 Å². The van der Waals surface area contributed by atoms with Crippen molar-refractivity contribution in [1.29, 1.82) is 0 Å². The number of aliphatic hydroxyl groups excluding tert-OH is 1. The van der Waals surface area contributed by atoms with Crippen LogP contribution in [0.2, 0.25) is 0 Å². The molecule has 2 aliphatic heterocycles. The molecule has 2 unspecified atom stereocenters. The normalized spacial score (nSPS) is 40.9. The number of aliphatic hydroxyl groups is 1. The van der Waals surface area contributed by atoms with Crippen LogP contribution in [0.25, 0.3) is 0 Å². The largest absolute Gasteiger partial charge is 0.396 e. The molecule has 2 aliphatic rings. The number of fused-ring (bicyclic) bond motifs is 1. The Balaban J connectivity index is 2.17. The van der Waals surface area contributed by atoms with Gasteiger partial charge < -0.3 is 9.59 Å². The van der Waals surface area contributed by atoms with Gasteiger partial charge >= 0.3 is 0 Å². The van der Waals surface area contributed by atoms with Gasteiger partial charge in [0.1, 0.15) is 0 Å². The molecule has 2 saturated heterocycles. The molecule has 0 saturated carbocycles. The minimum Gasteiger partial charge on any atom is -0.396 e. The van der Waals surface area contributed by atoms with Crippen LogP contribution in [0, 0.1) is 5.92 Å². The topological polar surface area (TPSA) is 20.2 Å². The summed E-state index contributed by atoms with van der Waals surface area (Å²) >= 11 is 0. The number of hydrogen-bond acceptors (Lipinski definition) is 1. The molecule has 86 valence electrons. The van der Waals surface area contributed by atoms with Gasteiger partial charge in [0.05, 0.1) is 32.3 Å². The molecule has 0 bridgehead atoms. The molecule has 0 aromatic carbocycles. The van der Waals surface area contributed by atoms with Crippen molar-refractivity contribution in [3.05, 3.63) is 12.7 Å². The second kappa shape index (κ2) is 4.67. The number of piperidine rings is 2. The van der Waals surface area contributed by atoms with Crippen LogP contribution < -0.4 is 0 Å². The molecule has 1 N–H and O–H groups in total. The van der Waals surface area contributed by atoms with E-state index >= 15 is 0 Å². The lowest BCUT2D eigenvalue weighted by molar-refractivity contribution is -0.959. The van der Waals surface area contributed by atoms with Gasteiger partial charge in [0, 0.05) is 12.3 Å². The summed E-state index contributed by atoms with van der Waals surface area (Å²) in [6, 6.07) is 0.718. The number of nitrogens with zero attached hydrogens (tertiary/aromatic N) is 1. The van der Waals surface area contributed by atoms with Gasteiger partial charge in [-0.2, -0.15) is 0 Å². The first kappa shape index (κ1) is 11.2. The number of rotatable bonds is 3. The van der Waals surface area contributed by atoms with E-state index in [4.69, 9.17) is 0 Å². The fourth-order valence-corrected chi connectivity index (χ4v) is 3.83. The highest BCUT2D eigenvalue weighted by Crippen LogP contribution is 2.37. The molecule has 2 rings (SSSR count). The third-order valence-corrected chi connectivity index (χ3v) is 4.51. The number of quaternary nitrogens is 1. The average Bonchev–Trinajstić information content (AvgIpc) is 2.28. The predicted molar refractivity (Wildman–Crippen MR) is 62.5 cm³/mol. The molecule has 15 heavy (non-hydrogen) atoms. The van der Waals surface area contributed by atoms with Crippen LogP contribution >= 0.6 is 0 Å². The van der Waals surface area contributed by atoms with E-state index in [0.717, 1.165) is 12.6 Å². The summed E-state index contributed by atoms with van der Waals surface area (Å²) < 4.78 is 1.23. The highest BCUT2D eigenvalue weighted by atomic mass is 16.3. The standard InChI is InChI=1S/C13H24NO/c1-2-8-14-9-4-3-7-13(14)12(11-15)6-5-10-14/h2,12-13,15H,1,3-11H2/q+1/t12-,13?,14?/m0/s1. The minimum atomic E-state index is 0.391. The lowest BCUT2D eigenvalue weighted by Gasteiger charge is -2.53. The van der Waals surface area contributed by atoms with Crippen LogP contribution in [0.1, 0.15) is 32.1 Å². The Morgan fingerprint density at radius 3 is 2.73 bits per heavy atom. The first-order valence-electron chi connectivity index (χ1n) is 6.40. The van der Waals surface area contributed by atoms with Crippen molar-refractivity contribution >= 4 is 0 Å². The quantitative estimate of drug-likeness (QED) is 0.557. The molecule has 3 atom stereocenters. The summed E-state index contributed by atoms with van der Waals surface area (Å²) in [5, 5.41) is 9.48. The summed E-state index contributed by atoms with van der Waals surface area (Å²) in [5.41, 5.74) is 0. The molecule has 0 spiro atoms. The monoisotopic (exact) mass is 210 g/mol. The first-order chi connectivity index (χ1) is 7.32. The fourth-order valence-electron chi connectivity index (χ4n) is 3.83. The van der Waals surface area contributed by atoms with Crippen LogP contribution in [-0.2, 0) is 0 Å². The lowest BCUT2D eigenvalue weighted by Crippen LogP contribution is -2.63. The van der Waals surface area contributed by atoms with E-state index in [1.165, 1.54) is 49.7 Å². The van der Waals surface area contributed by atoms with Crippen molar-refractivity contribution < 1.29 is 9.59 Å². The van der Waals surface area contributed by atoms with Crippen LogP contribution in [0.15, 0.2) is 12.7 Å². The summed E-state index contributed by atoms with van der Waals surface area (Å²) in [7, 11) is 0. The Labute approximate surface area is 93.2 Å². The third kappa shape index (κ3) is 1.98. The van der Waals surface area contributed by atoms with Crippen molar-refractivity contribution in [2.24, 2.45) is 5.92 Å². The maximum Gasteiger partial charge on any atom is 0.0973 e. The van der Waals surface area contributed by atoms with E-state index in [0.29, 0.717) is 12.5 Å². The predicted octanol–water partition coefficient (Wildman–Crippen LogP) is 1.94. The molecule has 0 radical (unpaired) electrons. The van der Waals surface area contributed by atoms with Crippen molar-refractivity contribution in [1.82, 2.24) is 0 Å². The molecule has 2 nitrogen and oxygen atoms in total. The zero-order valence-corrected chi connectivity index (χ0v) is 9.70. The molecular formula is C13H24NO+. The second-order valence-corrected chi connectivity index (χ2v) is 5.29. The van der Waals surface area contributed by atoms with Gasteiger partial charge in [-0.3, -0.25) is 0 Å². The highest BCUT2D eigenvalue weighted by molar-refractivity contribution is 4.81. The Hall–Kier alpha value is -0.340. The van der Waals surface area contributed by atoms with E-state index in [9.17, 15) is 5.11 Å². The maximum atomic E-state index is 9.48. The van der Waals surface area contributed by atoms with Gasteiger partial charge in [-0.25, -0.2) is 0 Å². The zero-order valence-electron chi connectivity index (χ0n) is 9.70. The van der Waals surface area contributed by atoms with Gasteiger partial charge in [-0.05, 0) is 31.8 Å². The van der Waals surface area contributed by atoms with Gasteiger partial charge in [0.15, 0.2) is 0 Å². The first-order valence-corrected chi connectivity index (χ1v) is 6.40. The Morgan fingerprint density at radius 2 is 2.00 bits per heavy atom. The Morgan fingerprint density at radius 1 is 1.20 bits per heavy atom. The molecular weight excluding hydrogens is 186 g/mol. The van der Waals surface area contributed by atoms with Crippen molar-refractivity contribution in [2.75, 3.05) is 26.2 Å². The zero-order chi connectivity index (χ0) is 10.7. The van der Waals surface area contributed by atoms with E-state index in [1.54, 1.807) is 0 Å². The second-order valence-electron chi connectivity index (χ2n) is 5.29. The summed E-state index contributed by atoms with van der Waals surface area (Å²) in [4.78, 5) is 0. The molecule has 2 heteroatoms. The smallest absolute Gasteiger partial charge is 0.0973 e. The highest BCUT2D eigenvalue weighted by Gasteiger charge is 2.45. The Bertz CT molecular complexity index is 225. The van der Waals surface area contributed by atoms with Gasteiger partial charge in [0.2, 0.25) is 0 Å². The van der Waals surface area contributed by atoms with Crippen LogP contribution in [0.5, 0.6) is 0 Å². The van der Waals surface area contributed by atoms with Gasteiger partial charge in [0.25, 0.3) is 0 Å². The van der Waals surface area contributed by atoms with Crippen molar-refractivity contribution in [3.8, 4) is 0 Å².